The third kappa shape index (κ3) is 3.12. The van der Waals surface area contributed by atoms with E-state index in [-0.39, 0.29) is 11.6 Å². The van der Waals surface area contributed by atoms with Crippen LogP contribution >= 0.6 is 0 Å². The van der Waals surface area contributed by atoms with Gasteiger partial charge in [-0.05, 0) is 12.6 Å². The topological polar surface area (TPSA) is 92.7 Å². The first kappa shape index (κ1) is 14.0. The van der Waals surface area contributed by atoms with Gasteiger partial charge in [0.05, 0.1) is 11.8 Å². The molecule has 0 saturated carbocycles. The van der Waals surface area contributed by atoms with E-state index in [2.05, 4.69) is 5.32 Å². The predicted octanol–water partition coefficient (Wildman–Crippen LogP) is 0.550. The predicted molar refractivity (Wildman–Crippen MR) is 68.5 cm³/mol. The van der Waals surface area contributed by atoms with Crippen molar-refractivity contribution in [2.45, 2.75) is 12.0 Å². The van der Waals surface area contributed by atoms with Gasteiger partial charge in [-0.25, -0.2) is 4.79 Å². The van der Waals surface area contributed by atoms with Crippen molar-refractivity contribution in [3.63, 3.8) is 0 Å². The third-order valence-electron chi connectivity index (χ3n) is 3.04. The Bertz CT molecular complexity index is 582. The molecular weight excluding hydrogens is 270 g/mol. The van der Waals surface area contributed by atoms with Crippen LogP contribution in [0.2, 0.25) is 0 Å². The number of esters is 1. The normalized spacial score (nSPS) is 24.6. The molecule has 0 radical (unpaired) electrons. The molecule has 1 atom stereocenters. The number of hydrogen-bond donors (Lipinski definition) is 2. The van der Waals surface area contributed by atoms with Gasteiger partial charge in [0.2, 0.25) is 0 Å². The number of fused-ring (bicyclic) bond motifs is 2. The van der Waals surface area contributed by atoms with Crippen LogP contribution < -0.4 is 5.32 Å². The summed E-state index contributed by atoms with van der Waals surface area (Å²) in [5.41, 5.74) is 1.42. The first-order valence-electron chi connectivity index (χ1n) is 5.78. The summed E-state index contributed by atoms with van der Waals surface area (Å²) in [6, 6.07) is 7.67. The highest BCUT2D eigenvalue weighted by Gasteiger charge is 2.47. The maximum Gasteiger partial charge on any atom is 0.339 e. The molecule has 0 bridgehead atoms. The number of benzene rings is 1. The number of ether oxygens (including phenoxy) is 1. The first-order valence-corrected chi connectivity index (χ1v) is 7.63. The fraction of sp³-hybridized carbons (Fsp3) is 0.417. The van der Waals surface area contributed by atoms with Crippen LogP contribution in [0.3, 0.4) is 0 Å². The van der Waals surface area contributed by atoms with Gasteiger partial charge in [-0.3, -0.25) is 4.55 Å². The van der Waals surface area contributed by atoms with Crippen molar-refractivity contribution in [3.8, 4) is 0 Å². The highest BCUT2D eigenvalue weighted by atomic mass is 32.2. The molecule has 2 aliphatic heterocycles. The summed E-state index contributed by atoms with van der Waals surface area (Å²) < 4.78 is 31.3. The molecule has 0 aliphatic carbocycles. The van der Waals surface area contributed by atoms with Crippen molar-refractivity contribution < 1.29 is 22.5 Å². The molecule has 1 fully saturated rings. The molecule has 1 spiro atoms. The summed E-state index contributed by atoms with van der Waals surface area (Å²) >= 11 is 0. The lowest BCUT2D eigenvalue weighted by atomic mass is 9.92. The van der Waals surface area contributed by atoms with Crippen LogP contribution in [0.4, 0.5) is 0 Å². The largest absolute Gasteiger partial charge is 0.449 e. The lowest BCUT2D eigenvalue weighted by Gasteiger charge is -2.21. The summed E-state index contributed by atoms with van der Waals surface area (Å²) in [5.74, 6) is -0.177. The van der Waals surface area contributed by atoms with Crippen LogP contribution in [0.15, 0.2) is 24.3 Å². The van der Waals surface area contributed by atoms with Gasteiger partial charge < -0.3 is 10.1 Å². The SMILES string of the molecule is CS(=O)(=O)O.O=C1O[C@]2(CCNC2)c2ccccc21. The van der Waals surface area contributed by atoms with Gasteiger partial charge >= 0.3 is 5.97 Å². The van der Waals surface area contributed by atoms with E-state index < -0.39 is 10.1 Å². The van der Waals surface area contributed by atoms with Gasteiger partial charge in [0.15, 0.2) is 5.60 Å². The van der Waals surface area contributed by atoms with Crippen molar-refractivity contribution in [3.05, 3.63) is 35.4 Å². The van der Waals surface area contributed by atoms with Gasteiger partial charge in [-0.2, -0.15) is 8.42 Å². The van der Waals surface area contributed by atoms with E-state index in [1.807, 2.05) is 24.3 Å². The van der Waals surface area contributed by atoms with Crippen molar-refractivity contribution >= 4 is 16.1 Å². The van der Waals surface area contributed by atoms with Crippen LogP contribution in [-0.2, 0) is 20.5 Å². The highest BCUT2D eigenvalue weighted by Crippen LogP contribution is 2.40. The maximum absolute atomic E-state index is 11.6. The Hall–Kier alpha value is -1.44. The standard InChI is InChI=1S/C11H11NO2.CH4O3S/c13-10-8-3-1-2-4-9(8)11(14-10)5-6-12-7-11;1-5(2,3)4/h1-4,12H,5-7H2;1H3,(H,2,3,4)/t11-;/m0./s1. The molecule has 7 heteroatoms. The average molecular weight is 285 g/mol. The Labute approximate surface area is 111 Å². The van der Waals surface area contributed by atoms with Crippen molar-refractivity contribution in [1.82, 2.24) is 5.32 Å². The fourth-order valence-electron chi connectivity index (χ4n) is 2.33. The van der Waals surface area contributed by atoms with E-state index in [0.29, 0.717) is 6.26 Å². The van der Waals surface area contributed by atoms with Crippen molar-refractivity contribution in [2.24, 2.45) is 0 Å². The minimum atomic E-state index is -3.67. The molecule has 1 aromatic rings. The van der Waals surface area contributed by atoms with Crippen LogP contribution in [0.1, 0.15) is 22.3 Å². The average Bonchev–Trinajstić information content (AvgIpc) is 2.86. The molecule has 1 aromatic carbocycles. The van der Waals surface area contributed by atoms with Gasteiger partial charge in [0.25, 0.3) is 10.1 Å². The van der Waals surface area contributed by atoms with Gasteiger partial charge in [0.1, 0.15) is 0 Å². The van der Waals surface area contributed by atoms with E-state index in [4.69, 9.17) is 9.29 Å². The van der Waals surface area contributed by atoms with Crippen LogP contribution in [-0.4, -0.2) is 38.3 Å². The second-order valence-electron chi connectivity index (χ2n) is 4.59. The number of rotatable bonds is 0. The minimum absolute atomic E-state index is 0.177. The lowest BCUT2D eigenvalue weighted by Crippen LogP contribution is -2.28. The molecular formula is C12H15NO5S. The molecule has 104 valence electrons. The third-order valence-corrected chi connectivity index (χ3v) is 3.04. The molecule has 3 rings (SSSR count). The smallest absolute Gasteiger partial charge is 0.339 e. The second kappa shape index (κ2) is 4.92. The fourth-order valence-corrected chi connectivity index (χ4v) is 2.33. The van der Waals surface area contributed by atoms with Crippen LogP contribution in [0.25, 0.3) is 0 Å². The van der Waals surface area contributed by atoms with Gasteiger partial charge in [-0.15, -0.1) is 0 Å². The zero-order chi connectivity index (χ0) is 14.1. The summed E-state index contributed by atoms with van der Waals surface area (Å²) in [6.45, 7) is 1.66. The van der Waals surface area contributed by atoms with E-state index in [0.717, 1.165) is 30.6 Å². The molecule has 1 saturated heterocycles. The van der Waals surface area contributed by atoms with E-state index in [1.165, 1.54) is 0 Å². The van der Waals surface area contributed by atoms with Crippen LogP contribution in [0, 0.1) is 0 Å². The number of nitrogens with one attached hydrogen (secondary N) is 1. The van der Waals surface area contributed by atoms with E-state index >= 15 is 0 Å². The Balaban J connectivity index is 0.000000232. The summed E-state index contributed by atoms with van der Waals surface area (Å²) in [4.78, 5) is 11.6. The molecule has 19 heavy (non-hydrogen) atoms. The molecule has 6 nitrogen and oxygen atoms in total. The zero-order valence-corrected chi connectivity index (χ0v) is 11.2. The number of carbonyl (C=O) groups excluding carboxylic acids is 1. The Kier molecular flexibility index (Phi) is 3.62. The summed E-state index contributed by atoms with van der Waals surface area (Å²) in [7, 11) is -3.67. The van der Waals surface area contributed by atoms with Crippen LogP contribution in [0.5, 0.6) is 0 Å². The molecule has 0 unspecified atom stereocenters. The van der Waals surface area contributed by atoms with Gasteiger partial charge in [-0.1, -0.05) is 18.2 Å². The Morgan fingerprint density at radius 3 is 2.58 bits per heavy atom. The monoisotopic (exact) mass is 285 g/mol. The quantitative estimate of drug-likeness (QED) is 0.534. The molecule has 0 aromatic heterocycles. The molecule has 2 heterocycles. The Morgan fingerprint density at radius 1 is 1.37 bits per heavy atom. The summed E-state index contributed by atoms with van der Waals surface area (Å²) in [6.07, 6.45) is 1.60. The first-order chi connectivity index (χ1) is 8.82. The molecule has 2 aliphatic rings. The second-order valence-corrected chi connectivity index (χ2v) is 6.06. The van der Waals surface area contributed by atoms with Gasteiger partial charge in [0, 0.05) is 18.5 Å². The minimum Gasteiger partial charge on any atom is -0.449 e. The molecule has 0 amide bonds. The lowest BCUT2D eigenvalue weighted by molar-refractivity contribution is 0.00164. The van der Waals surface area contributed by atoms with E-state index in [1.54, 1.807) is 0 Å². The Morgan fingerprint density at radius 2 is 2.00 bits per heavy atom. The maximum atomic E-state index is 11.6. The zero-order valence-electron chi connectivity index (χ0n) is 10.4. The molecule has 2 N–H and O–H groups in total. The van der Waals surface area contributed by atoms with Crippen molar-refractivity contribution in [2.75, 3.05) is 19.3 Å². The summed E-state index contributed by atoms with van der Waals surface area (Å²) in [5, 5.41) is 3.24. The highest BCUT2D eigenvalue weighted by molar-refractivity contribution is 7.85. The number of hydrogen-bond acceptors (Lipinski definition) is 5. The van der Waals surface area contributed by atoms with E-state index in [9.17, 15) is 13.2 Å². The van der Waals surface area contributed by atoms with Crippen molar-refractivity contribution in [1.29, 1.82) is 0 Å². The number of carbonyl (C=O) groups is 1.